The summed E-state index contributed by atoms with van der Waals surface area (Å²) in [6.07, 6.45) is 0. The van der Waals surface area contributed by atoms with Gasteiger partial charge >= 0.3 is 0 Å². The normalized spacial score (nSPS) is 13.8. The molecule has 0 aliphatic carbocycles. The van der Waals surface area contributed by atoms with Crippen molar-refractivity contribution in [1.82, 2.24) is 0 Å². The second-order valence-electron chi connectivity index (χ2n) is 6.09. The molecule has 1 aliphatic rings. The van der Waals surface area contributed by atoms with Crippen LogP contribution in [0.3, 0.4) is 0 Å². The molecular formula is C20H25N3O4. The number of hydrogen-bond acceptors (Lipinski definition) is 6. The Hall–Kier alpha value is -2.93. The Morgan fingerprint density at radius 2 is 1.81 bits per heavy atom. The molecule has 144 valence electrons. The van der Waals surface area contributed by atoms with E-state index in [4.69, 9.17) is 14.2 Å². The number of rotatable bonds is 7. The predicted octanol–water partition coefficient (Wildman–Crippen LogP) is 2.59. The lowest BCUT2D eigenvalue weighted by Gasteiger charge is -2.30. The smallest absolute Gasteiger partial charge is 0.243 e. The average Bonchev–Trinajstić information content (AvgIpc) is 2.73. The first kappa shape index (κ1) is 18.8. The van der Waals surface area contributed by atoms with Gasteiger partial charge in [-0.05, 0) is 24.3 Å². The lowest BCUT2D eigenvalue weighted by molar-refractivity contribution is -0.114. The fourth-order valence-electron chi connectivity index (χ4n) is 2.98. The zero-order valence-electron chi connectivity index (χ0n) is 15.7. The quantitative estimate of drug-likeness (QED) is 0.780. The monoisotopic (exact) mass is 371 g/mol. The van der Waals surface area contributed by atoms with Gasteiger partial charge in [0.25, 0.3) is 0 Å². The molecule has 0 radical (unpaired) electrons. The van der Waals surface area contributed by atoms with Crippen LogP contribution in [-0.4, -0.2) is 53.0 Å². The SMILES string of the molecule is COc1ccc(NCC(=O)Nc2ccccc2N2CCOCC2)cc1OC. The highest BCUT2D eigenvalue weighted by Crippen LogP contribution is 2.30. The maximum atomic E-state index is 12.4. The zero-order valence-corrected chi connectivity index (χ0v) is 15.7. The van der Waals surface area contributed by atoms with Crippen LogP contribution < -0.4 is 25.0 Å². The van der Waals surface area contributed by atoms with Gasteiger partial charge in [-0.3, -0.25) is 4.79 Å². The summed E-state index contributed by atoms with van der Waals surface area (Å²) in [5, 5.41) is 6.10. The standard InChI is InChI=1S/C20H25N3O4/c1-25-18-8-7-15(13-19(18)26-2)21-14-20(24)22-16-5-3-4-6-17(16)23-9-11-27-12-10-23/h3-8,13,21H,9-12,14H2,1-2H3,(H,22,24). The van der Waals surface area contributed by atoms with E-state index in [1.807, 2.05) is 30.3 Å². The molecule has 1 heterocycles. The molecule has 2 aromatic carbocycles. The number of hydrogen-bond donors (Lipinski definition) is 2. The van der Waals surface area contributed by atoms with E-state index in [0.29, 0.717) is 24.7 Å². The summed E-state index contributed by atoms with van der Waals surface area (Å²) in [7, 11) is 3.17. The number of nitrogens with zero attached hydrogens (tertiary/aromatic N) is 1. The van der Waals surface area contributed by atoms with Gasteiger partial charge in [0, 0.05) is 24.8 Å². The van der Waals surface area contributed by atoms with Gasteiger partial charge in [-0.2, -0.15) is 0 Å². The van der Waals surface area contributed by atoms with Crippen molar-refractivity contribution >= 4 is 23.0 Å². The van der Waals surface area contributed by atoms with Crippen LogP contribution in [0.1, 0.15) is 0 Å². The van der Waals surface area contributed by atoms with E-state index in [2.05, 4.69) is 15.5 Å². The van der Waals surface area contributed by atoms with Crippen molar-refractivity contribution in [3.05, 3.63) is 42.5 Å². The van der Waals surface area contributed by atoms with Gasteiger partial charge < -0.3 is 29.7 Å². The number of ether oxygens (including phenoxy) is 3. The summed E-state index contributed by atoms with van der Waals surface area (Å²) in [6.45, 7) is 3.17. The molecule has 1 fully saturated rings. The van der Waals surface area contributed by atoms with Crippen LogP contribution in [-0.2, 0) is 9.53 Å². The summed E-state index contributed by atoms with van der Waals surface area (Å²) in [5.74, 6) is 1.14. The second-order valence-corrected chi connectivity index (χ2v) is 6.09. The first-order valence-electron chi connectivity index (χ1n) is 8.88. The Kier molecular flexibility index (Phi) is 6.38. The van der Waals surface area contributed by atoms with Crippen LogP contribution >= 0.6 is 0 Å². The number of methoxy groups -OCH3 is 2. The molecule has 1 aliphatic heterocycles. The van der Waals surface area contributed by atoms with Crippen molar-refractivity contribution in [1.29, 1.82) is 0 Å². The van der Waals surface area contributed by atoms with Crippen molar-refractivity contribution < 1.29 is 19.0 Å². The molecule has 0 unspecified atom stereocenters. The summed E-state index contributed by atoms with van der Waals surface area (Å²) in [6, 6.07) is 13.3. The Morgan fingerprint density at radius 1 is 1.07 bits per heavy atom. The first-order chi connectivity index (χ1) is 13.2. The molecule has 0 aromatic heterocycles. The van der Waals surface area contributed by atoms with Crippen molar-refractivity contribution in [3.8, 4) is 11.5 Å². The number of nitrogens with one attached hydrogen (secondary N) is 2. The number of morpholine rings is 1. The Morgan fingerprint density at radius 3 is 2.56 bits per heavy atom. The van der Waals surface area contributed by atoms with Gasteiger partial charge in [-0.1, -0.05) is 12.1 Å². The molecule has 1 amide bonds. The third kappa shape index (κ3) is 4.83. The minimum absolute atomic E-state index is 0.120. The minimum atomic E-state index is -0.120. The van der Waals surface area contributed by atoms with Gasteiger partial charge in [0.1, 0.15) is 0 Å². The highest BCUT2D eigenvalue weighted by molar-refractivity contribution is 5.96. The van der Waals surface area contributed by atoms with Gasteiger partial charge in [-0.25, -0.2) is 0 Å². The van der Waals surface area contributed by atoms with E-state index in [1.54, 1.807) is 26.4 Å². The molecular weight excluding hydrogens is 346 g/mol. The molecule has 7 nitrogen and oxygen atoms in total. The zero-order chi connectivity index (χ0) is 19.1. The maximum Gasteiger partial charge on any atom is 0.243 e. The van der Waals surface area contributed by atoms with E-state index in [9.17, 15) is 4.79 Å². The second kappa shape index (κ2) is 9.14. The van der Waals surface area contributed by atoms with Gasteiger partial charge in [0.05, 0.1) is 45.4 Å². The van der Waals surface area contributed by atoms with E-state index in [1.165, 1.54) is 0 Å². The fourth-order valence-corrected chi connectivity index (χ4v) is 2.98. The highest BCUT2D eigenvalue weighted by atomic mass is 16.5. The lowest BCUT2D eigenvalue weighted by atomic mass is 10.2. The van der Waals surface area contributed by atoms with Gasteiger partial charge in [-0.15, -0.1) is 0 Å². The molecule has 2 N–H and O–H groups in total. The molecule has 2 aromatic rings. The average molecular weight is 371 g/mol. The molecule has 0 spiro atoms. The van der Waals surface area contributed by atoms with E-state index >= 15 is 0 Å². The van der Waals surface area contributed by atoms with Crippen LogP contribution in [0.4, 0.5) is 17.1 Å². The highest BCUT2D eigenvalue weighted by Gasteiger charge is 2.15. The third-order valence-corrected chi connectivity index (χ3v) is 4.37. The molecule has 0 bridgehead atoms. The first-order valence-corrected chi connectivity index (χ1v) is 8.88. The Bertz CT molecular complexity index is 776. The van der Waals surface area contributed by atoms with Crippen LogP contribution in [0, 0.1) is 0 Å². The van der Waals surface area contributed by atoms with Gasteiger partial charge in [0.15, 0.2) is 11.5 Å². The molecule has 27 heavy (non-hydrogen) atoms. The lowest BCUT2D eigenvalue weighted by Crippen LogP contribution is -2.37. The van der Waals surface area contributed by atoms with E-state index in [-0.39, 0.29) is 12.5 Å². The van der Waals surface area contributed by atoms with Crippen LogP contribution in [0.5, 0.6) is 11.5 Å². The van der Waals surface area contributed by atoms with Crippen LogP contribution in [0.25, 0.3) is 0 Å². The summed E-state index contributed by atoms with van der Waals surface area (Å²) in [5.41, 5.74) is 2.60. The Balaban J connectivity index is 1.61. The predicted molar refractivity (Wildman–Crippen MR) is 106 cm³/mol. The van der Waals surface area contributed by atoms with E-state index < -0.39 is 0 Å². The van der Waals surface area contributed by atoms with Crippen molar-refractivity contribution in [3.63, 3.8) is 0 Å². The summed E-state index contributed by atoms with van der Waals surface area (Å²) >= 11 is 0. The van der Waals surface area contributed by atoms with Crippen molar-refractivity contribution in [2.24, 2.45) is 0 Å². The molecule has 0 saturated carbocycles. The minimum Gasteiger partial charge on any atom is -0.493 e. The summed E-state index contributed by atoms with van der Waals surface area (Å²) in [4.78, 5) is 14.6. The number of para-hydroxylation sites is 2. The van der Waals surface area contributed by atoms with E-state index in [0.717, 1.165) is 30.2 Å². The van der Waals surface area contributed by atoms with Crippen molar-refractivity contribution in [2.75, 3.05) is 62.6 Å². The number of benzene rings is 2. The van der Waals surface area contributed by atoms with Crippen LogP contribution in [0.2, 0.25) is 0 Å². The summed E-state index contributed by atoms with van der Waals surface area (Å²) < 4.78 is 15.9. The number of carbonyl (C=O) groups is 1. The molecule has 1 saturated heterocycles. The molecule has 0 atom stereocenters. The number of amides is 1. The molecule has 3 rings (SSSR count). The molecule has 7 heteroatoms. The van der Waals surface area contributed by atoms with Crippen molar-refractivity contribution in [2.45, 2.75) is 0 Å². The fraction of sp³-hybridized carbons (Fsp3) is 0.350. The van der Waals surface area contributed by atoms with Gasteiger partial charge in [0.2, 0.25) is 5.91 Å². The Labute approximate surface area is 159 Å². The number of anilines is 3. The number of carbonyl (C=O) groups excluding carboxylic acids is 1. The topological polar surface area (TPSA) is 72.1 Å². The van der Waals surface area contributed by atoms with Crippen LogP contribution in [0.15, 0.2) is 42.5 Å². The maximum absolute atomic E-state index is 12.4. The largest absolute Gasteiger partial charge is 0.493 e. The third-order valence-electron chi connectivity index (χ3n) is 4.37.